The number of aliphatic carboxylic acids is 1. The highest BCUT2D eigenvalue weighted by molar-refractivity contribution is 5.93. The zero-order valence-corrected chi connectivity index (χ0v) is 12.0. The van der Waals surface area contributed by atoms with E-state index in [1.807, 2.05) is 0 Å². The Balaban J connectivity index is 1.71. The van der Waals surface area contributed by atoms with Crippen molar-refractivity contribution in [1.29, 1.82) is 0 Å². The zero-order valence-electron chi connectivity index (χ0n) is 12.0. The highest BCUT2D eigenvalue weighted by Crippen LogP contribution is 2.03. The number of hydrogen-bond acceptors (Lipinski definition) is 4. The van der Waals surface area contributed by atoms with Crippen LogP contribution in [0.1, 0.15) is 16.9 Å². The molecule has 0 unspecified atom stereocenters. The first-order valence-corrected chi connectivity index (χ1v) is 7.12. The van der Waals surface area contributed by atoms with Crippen molar-refractivity contribution in [2.24, 2.45) is 0 Å². The van der Waals surface area contributed by atoms with Crippen molar-refractivity contribution >= 4 is 11.9 Å². The van der Waals surface area contributed by atoms with Gasteiger partial charge in [0.15, 0.2) is 0 Å². The van der Waals surface area contributed by atoms with E-state index >= 15 is 0 Å². The molecule has 1 aromatic heterocycles. The minimum atomic E-state index is -0.965. The average Bonchev–Trinajstić information content (AvgIpc) is 2.92. The fraction of sp³-hybridized carbons (Fsp3) is 0.571. The number of carboxylic acid groups (broad SMARTS) is 1. The molecule has 1 aliphatic rings. The van der Waals surface area contributed by atoms with Crippen LogP contribution < -0.4 is 5.32 Å². The van der Waals surface area contributed by atoms with E-state index in [1.165, 1.54) is 4.57 Å². The van der Waals surface area contributed by atoms with E-state index in [2.05, 4.69) is 10.2 Å². The van der Waals surface area contributed by atoms with Crippen LogP contribution in [0.5, 0.6) is 0 Å². The van der Waals surface area contributed by atoms with Gasteiger partial charge in [-0.05, 0) is 25.1 Å². The molecule has 0 aliphatic carbocycles. The van der Waals surface area contributed by atoms with Gasteiger partial charge in [-0.1, -0.05) is 0 Å². The topological polar surface area (TPSA) is 83.8 Å². The second-order valence-corrected chi connectivity index (χ2v) is 4.98. The molecule has 0 spiro atoms. The maximum atomic E-state index is 12.0. The molecule has 7 heteroatoms. The molecule has 0 aromatic carbocycles. The molecule has 0 bridgehead atoms. The zero-order chi connectivity index (χ0) is 15.1. The SMILES string of the molecule is O=C(O)Cn1cccc1C(=O)NCCCN1CCOCC1. The Bertz CT molecular complexity index is 480. The first kappa shape index (κ1) is 15.5. The molecule has 0 atom stereocenters. The van der Waals surface area contributed by atoms with Crippen molar-refractivity contribution in [2.45, 2.75) is 13.0 Å². The van der Waals surface area contributed by atoms with Gasteiger partial charge < -0.3 is 19.7 Å². The Morgan fingerprint density at radius 2 is 2.10 bits per heavy atom. The van der Waals surface area contributed by atoms with Gasteiger partial charge in [0.2, 0.25) is 0 Å². The maximum absolute atomic E-state index is 12.0. The molecule has 2 N–H and O–H groups in total. The van der Waals surface area contributed by atoms with Crippen LogP contribution in [0.2, 0.25) is 0 Å². The smallest absolute Gasteiger partial charge is 0.323 e. The number of morpholine rings is 1. The van der Waals surface area contributed by atoms with E-state index in [9.17, 15) is 9.59 Å². The maximum Gasteiger partial charge on any atom is 0.323 e. The Kier molecular flexibility index (Phi) is 5.77. The minimum absolute atomic E-state index is 0.205. The van der Waals surface area contributed by atoms with E-state index in [4.69, 9.17) is 9.84 Å². The minimum Gasteiger partial charge on any atom is -0.480 e. The summed E-state index contributed by atoms with van der Waals surface area (Å²) in [5.41, 5.74) is 0.378. The molecule has 116 valence electrons. The molecule has 21 heavy (non-hydrogen) atoms. The van der Waals surface area contributed by atoms with Crippen molar-refractivity contribution in [3.63, 3.8) is 0 Å². The van der Waals surface area contributed by atoms with Crippen LogP contribution in [0.15, 0.2) is 18.3 Å². The summed E-state index contributed by atoms with van der Waals surface area (Å²) in [4.78, 5) is 25.0. The molecule has 1 aliphatic heterocycles. The van der Waals surface area contributed by atoms with Crippen molar-refractivity contribution < 1.29 is 19.4 Å². The van der Waals surface area contributed by atoms with Crippen LogP contribution >= 0.6 is 0 Å². The molecule has 0 radical (unpaired) electrons. The molecule has 0 saturated carbocycles. The van der Waals surface area contributed by atoms with Crippen LogP contribution in [-0.4, -0.2) is 65.8 Å². The van der Waals surface area contributed by atoms with Crippen LogP contribution in [0.25, 0.3) is 0 Å². The number of carbonyl (C=O) groups is 2. The van der Waals surface area contributed by atoms with Gasteiger partial charge in [0.25, 0.3) is 5.91 Å². The van der Waals surface area contributed by atoms with Gasteiger partial charge >= 0.3 is 5.97 Å². The van der Waals surface area contributed by atoms with Gasteiger partial charge in [0.05, 0.1) is 13.2 Å². The number of amides is 1. The van der Waals surface area contributed by atoms with Crippen LogP contribution in [0, 0.1) is 0 Å². The van der Waals surface area contributed by atoms with E-state index in [1.54, 1.807) is 18.3 Å². The largest absolute Gasteiger partial charge is 0.480 e. The predicted molar refractivity (Wildman–Crippen MR) is 76.3 cm³/mol. The lowest BCUT2D eigenvalue weighted by Crippen LogP contribution is -2.38. The Hall–Kier alpha value is -1.86. The number of rotatable bonds is 7. The number of ether oxygens (including phenoxy) is 1. The molecular formula is C14H21N3O4. The molecule has 1 amide bonds. The first-order valence-electron chi connectivity index (χ1n) is 7.12. The third-order valence-corrected chi connectivity index (χ3v) is 3.41. The van der Waals surface area contributed by atoms with Crippen molar-refractivity contribution in [3.05, 3.63) is 24.0 Å². The summed E-state index contributed by atoms with van der Waals surface area (Å²) in [6, 6.07) is 3.30. The Morgan fingerprint density at radius 3 is 2.81 bits per heavy atom. The highest BCUT2D eigenvalue weighted by atomic mass is 16.5. The quantitative estimate of drug-likeness (QED) is 0.693. The van der Waals surface area contributed by atoms with Crippen molar-refractivity contribution in [3.8, 4) is 0 Å². The summed E-state index contributed by atoms with van der Waals surface area (Å²) in [6.45, 7) is 4.73. The van der Waals surface area contributed by atoms with E-state index in [-0.39, 0.29) is 12.5 Å². The van der Waals surface area contributed by atoms with Gasteiger partial charge in [-0.25, -0.2) is 0 Å². The van der Waals surface area contributed by atoms with E-state index < -0.39 is 5.97 Å². The van der Waals surface area contributed by atoms with Crippen LogP contribution in [0.3, 0.4) is 0 Å². The Morgan fingerprint density at radius 1 is 1.33 bits per heavy atom. The standard InChI is InChI=1S/C14H21N3O4/c18-13(19)11-17-6-1-3-12(17)14(20)15-4-2-5-16-7-9-21-10-8-16/h1,3,6H,2,4-5,7-11H2,(H,15,20)(H,18,19). The van der Waals surface area contributed by atoms with Crippen LogP contribution in [-0.2, 0) is 16.1 Å². The van der Waals surface area contributed by atoms with Gasteiger partial charge in [-0.2, -0.15) is 0 Å². The number of aromatic nitrogens is 1. The summed E-state index contributed by atoms with van der Waals surface area (Å²) < 4.78 is 6.71. The molecule has 2 heterocycles. The van der Waals surface area contributed by atoms with Gasteiger partial charge in [-0.3, -0.25) is 14.5 Å². The van der Waals surface area contributed by atoms with Crippen LogP contribution in [0.4, 0.5) is 0 Å². The predicted octanol–water partition coefficient (Wildman–Crippen LogP) is 0.0248. The second-order valence-electron chi connectivity index (χ2n) is 4.98. The molecule has 1 fully saturated rings. The number of carboxylic acids is 1. The fourth-order valence-corrected chi connectivity index (χ4v) is 2.32. The third-order valence-electron chi connectivity index (χ3n) is 3.41. The molecular weight excluding hydrogens is 274 g/mol. The molecule has 7 nitrogen and oxygen atoms in total. The average molecular weight is 295 g/mol. The summed E-state index contributed by atoms with van der Waals surface area (Å²) in [5.74, 6) is -1.20. The lowest BCUT2D eigenvalue weighted by molar-refractivity contribution is -0.137. The van der Waals surface area contributed by atoms with Gasteiger partial charge in [0, 0.05) is 25.8 Å². The summed E-state index contributed by atoms with van der Waals surface area (Å²) >= 11 is 0. The van der Waals surface area contributed by atoms with E-state index in [0.29, 0.717) is 12.2 Å². The normalized spacial score (nSPS) is 15.8. The highest BCUT2D eigenvalue weighted by Gasteiger charge is 2.13. The Labute approximate surface area is 123 Å². The monoisotopic (exact) mass is 295 g/mol. The number of hydrogen-bond donors (Lipinski definition) is 2. The molecule has 1 saturated heterocycles. The van der Waals surface area contributed by atoms with Gasteiger partial charge in [0.1, 0.15) is 12.2 Å². The number of nitrogens with one attached hydrogen (secondary N) is 1. The lowest BCUT2D eigenvalue weighted by Gasteiger charge is -2.26. The lowest BCUT2D eigenvalue weighted by atomic mass is 10.3. The fourth-order valence-electron chi connectivity index (χ4n) is 2.32. The number of carbonyl (C=O) groups excluding carboxylic acids is 1. The van der Waals surface area contributed by atoms with Crippen molar-refractivity contribution in [1.82, 2.24) is 14.8 Å². The summed E-state index contributed by atoms with van der Waals surface area (Å²) in [6.07, 6.45) is 2.46. The number of nitrogens with zero attached hydrogens (tertiary/aromatic N) is 2. The summed E-state index contributed by atoms with van der Waals surface area (Å²) in [5, 5.41) is 11.6. The van der Waals surface area contributed by atoms with Gasteiger partial charge in [-0.15, -0.1) is 0 Å². The second kappa shape index (κ2) is 7.80. The van der Waals surface area contributed by atoms with Crippen molar-refractivity contribution in [2.75, 3.05) is 39.4 Å². The first-order chi connectivity index (χ1) is 10.2. The summed E-state index contributed by atoms with van der Waals surface area (Å²) in [7, 11) is 0. The third kappa shape index (κ3) is 4.87. The molecule has 2 rings (SSSR count). The van der Waals surface area contributed by atoms with E-state index in [0.717, 1.165) is 39.3 Å². The molecule has 1 aromatic rings.